The van der Waals surface area contributed by atoms with E-state index in [1.165, 1.54) is 14.2 Å². The van der Waals surface area contributed by atoms with Crippen LogP contribution in [-0.4, -0.2) is 37.4 Å². The number of methoxy groups -OCH3 is 2. The number of nitrogens with one attached hydrogen (secondary N) is 1. The van der Waals surface area contributed by atoms with E-state index in [-0.39, 0.29) is 0 Å². The molecule has 5 nitrogen and oxygen atoms in total. The summed E-state index contributed by atoms with van der Waals surface area (Å²) in [6, 6.07) is 5.24. The van der Waals surface area contributed by atoms with Crippen LogP contribution in [0.15, 0.2) is 18.2 Å². The third kappa shape index (κ3) is 3.22. The van der Waals surface area contributed by atoms with Gasteiger partial charge in [0.05, 0.1) is 19.8 Å². The Labute approximate surface area is 118 Å². The van der Waals surface area contributed by atoms with Crippen molar-refractivity contribution in [2.45, 2.75) is 31.3 Å². The lowest BCUT2D eigenvalue weighted by molar-refractivity contribution is -0.0370. The number of rotatable bonds is 6. The standard InChI is InChI=1S/C15H21NO4/c1-19-13-10-11(4-5-12(13)14(17)20-2)16-9-8-15(18)6-3-7-15/h4-5,10,16,18H,3,6-9H2,1-2H3. The maximum atomic E-state index is 11.5. The molecule has 1 saturated carbocycles. The van der Waals surface area contributed by atoms with Crippen molar-refractivity contribution in [3.63, 3.8) is 0 Å². The van der Waals surface area contributed by atoms with Gasteiger partial charge in [0.25, 0.3) is 0 Å². The van der Waals surface area contributed by atoms with Gasteiger partial charge in [-0.05, 0) is 37.8 Å². The smallest absolute Gasteiger partial charge is 0.341 e. The molecule has 0 amide bonds. The van der Waals surface area contributed by atoms with E-state index < -0.39 is 11.6 Å². The Morgan fingerprint density at radius 2 is 2.15 bits per heavy atom. The van der Waals surface area contributed by atoms with Gasteiger partial charge < -0.3 is 19.9 Å². The fourth-order valence-corrected chi connectivity index (χ4v) is 2.35. The average Bonchev–Trinajstić information content (AvgIpc) is 2.44. The van der Waals surface area contributed by atoms with Crippen molar-refractivity contribution in [1.82, 2.24) is 0 Å². The maximum Gasteiger partial charge on any atom is 0.341 e. The zero-order valence-corrected chi connectivity index (χ0v) is 11.9. The molecule has 1 aliphatic carbocycles. The lowest BCUT2D eigenvalue weighted by atomic mass is 9.78. The number of carbonyl (C=O) groups is 1. The highest BCUT2D eigenvalue weighted by Crippen LogP contribution is 2.34. The highest BCUT2D eigenvalue weighted by atomic mass is 16.5. The molecule has 0 heterocycles. The quantitative estimate of drug-likeness (QED) is 0.781. The molecule has 0 aromatic heterocycles. The lowest BCUT2D eigenvalue weighted by Gasteiger charge is -2.36. The van der Waals surface area contributed by atoms with E-state index in [1.54, 1.807) is 18.2 Å². The summed E-state index contributed by atoms with van der Waals surface area (Å²) in [6.45, 7) is 0.692. The van der Waals surface area contributed by atoms with Gasteiger partial charge in [-0.3, -0.25) is 0 Å². The maximum absolute atomic E-state index is 11.5. The normalized spacial score (nSPS) is 16.1. The van der Waals surface area contributed by atoms with Gasteiger partial charge in [-0.25, -0.2) is 4.79 Å². The Bertz CT molecular complexity index is 483. The van der Waals surface area contributed by atoms with Crippen molar-refractivity contribution in [2.24, 2.45) is 0 Å². The minimum atomic E-state index is -0.483. The molecular formula is C15H21NO4. The fraction of sp³-hybridized carbons (Fsp3) is 0.533. The minimum Gasteiger partial charge on any atom is -0.496 e. The number of esters is 1. The zero-order valence-electron chi connectivity index (χ0n) is 11.9. The molecule has 20 heavy (non-hydrogen) atoms. The first-order valence-electron chi connectivity index (χ1n) is 6.80. The van der Waals surface area contributed by atoms with Gasteiger partial charge in [0, 0.05) is 18.3 Å². The van der Waals surface area contributed by atoms with Crippen molar-refractivity contribution < 1.29 is 19.4 Å². The molecule has 0 saturated heterocycles. The van der Waals surface area contributed by atoms with E-state index in [9.17, 15) is 9.90 Å². The predicted molar refractivity (Wildman–Crippen MR) is 76.2 cm³/mol. The highest BCUT2D eigenvalue weighted by Gasteiger charge is 2.33. The third-order valence-electron chi connectivity index (χ3n) is 3.81. The summed E-state index contributed by atoms with van der Waals surface area (Å²) >= 11 is 0. The van der Waals surface area contributed by atoms with E-state index in [0.29, 0.717) is 17.9 Å². The van der Waals surface area contributed by atoms with Crippen LogP contribution in [0.1, 0.15) is 36.0 Å². The van der Waals surface area contributed by atoms with Gasteiger partial charge in [-0.1, -0.05) is 0 Å². The molecule has 110 valence electrons. The molecule has 2 N–H and O–H groups in total. The second-order valence-electron chi connectivity index (χ2n) is 5.16. The van der Waals surface area contributed by atoms with Crippen LogP contribution in [0.25, 0.3) is 0 Å². The molecule has 1 fully saturated rings. The third-order valence-corrected chi connectivity index (χ3v) is 3.81. The molecule has 1 aromatic carbocycles. The van der Waals surface area contributed by atoms with Gasteiger partial charge in [0.2, 0.25) is 0 Å². The molecular weight excluding hydrogens is 258 g/mol. The fourth-order valence-electron chi connectivity index (χ4n) is 2.35. The summed E-state index contributed by atoms with van der Waals surface area (Å²) in [4.78, 5) is 11.5. The summed E-state index contributed by atoms with van der Waals surface area (Å²) in [7, 11) is 2.86. The van der Waals surface area contributed by atoms with E-state index in [2.05, 4.69) is 5.32 Å². The highest BCUT2D eigenvalue weighted by molar-refractivity contribution is 5.93. The molecule has 0 unspecified atom stereocenters. The Hall–Kier alpha value is -1.75. The van der Waals surface area contributed by atoms with Crippen molar-refractivity contribution in [2.75, 3.05) is 26.1 Å². The monoisotopic (exact) mass is 279 g/mol. The summed E-state index contributed by atoms with van der Waals surface area (Å²) < 4.78 is 9.89. The van der Waals surface area contributed by atoms with Crippen molar-refractivity contribution in [1.29, 1.82) is 0 Å². The minimum absolute atomic E-state index is 0.401. The van der Waals surface area contributed by atoms with E-state index >= 15 is 0 Å². The first kappa shape index (κ1) is 14.7. The van der Waals surface area contributed by atoms with Gasteiger partial charge in [0.1, 0.15) is 11.3 Å². The second kappa shape index (κ2) is 6.13. The number of anilines is 1. The van der Waals surface area contributed by atoms with Crippen molar-refractivity contribution in [3.8, 4) is 5.75 Å². The van der Waals surface area contributed by atoms with Crippen molar-refractivity contribution >= 4 is 11.7 Å². The van der Waals surface area contributed by atoms with Crippen LogP contribution in [0.2, 0.25) is 0 Å². The number of carbonyl (C=O) groups excluding carboxylic acids is 1. The SMILES string of the molecule is COC(=O)c1ccc(NCCC2(O)CCC2)cc1OC. The van der Waals surface area contributed by atoms with Gasteiger partial charge in [0.15, 0.2) is 0 Å². The number of aliphatic hydroxyl groups is 1. The number of ether oxygens (including phenoxy) is 2. The molecule has 1 aliphatic rings. The second-order valence-corrected chi connectivity index (χ2v) is 5.16. The van der Waals surface area contributed by atoms with Crippen LogP contribution < -0.4 is 10.1 Å². The Balaban J connectivity index is 1.96. The molecule has 2 rings (SSSR count). The molecule has 1 aromatic rings. The molecule has 0 bridgehead atoms. The summed E-state index contributed by atoms with van der Waals surface area (Å²) in [6.07, 6.45) is 3.62. The number of hydrogen-bond acceptors (Lipinski definition) is 5. The van der Waals surface area contributed by atoms with E-state index in [0.717, 1.165) is 31.4 Å². The molecule has 0 radical (unpaired) electrons. The Morgan fingerprint density at radius 1 is 1.40 bits per heavy atom. The van der Waals surface area contributed by atoms with Crippen LogP contribution in [0, 0.1) is 0 Å². The molecule has 0 aliphatic heterocycles. The Morgan fingerprint density at radius 3 is 2.70 bits per heavy atom. The summed E-state index contributed by atoms with van der Waals surface area (Å²) in [5, 5.41) is 13.2. The molecule has 0 atom stereocenters. The van der Waals surface area contributed by atoms with Crippen LogP contribution in [0.3, 0.4) is 0 Å². The first-order valence-corrected chi connectivity index (χ1v) is 6.80. The average molecular weight is 279 g/mol. The summed E-state index contributed by atoms with van der Waals surface area (Å²) in [5.41, 5.74) is 0.777. The van der Waals surface area contributed by atoms with Crippen LogP contribution in [0.4, 0.5) is 5.69 Å². The van der Waals surface area contributed by atoms with Crippen LogP contribution in [0.5, 0.6) is 5.75 Å². The largest absolute Gasteiger partial charge is 0.496 e. The number of hydrogen-bond donors (Lipinski definition) is 2. The van der Waals surface area contributed by atoms with Crippen LogP contribution in [-0.2, 0) is 4.74 Å². The lowest BCUT2D eigenvalue weighted by Crippen LogP contribution is -2.38. The van der Waals surface area contributed by atoms with E-state index in [1.807, 2.05) is 0 Å². The van der Waals surface area contributed by atoms with Crippen LogP contribution >= 0.6 is 0 Å². The molecule has 5 heteroatoms. The van der Waals surface area contributed by atoms with Gasteiger partial charge in [-0.2, -0.15) is 0 Å². The summed E-state index contributed by atoms with van der Waals surface area (Å²) in [5.74, 6) is 0.0568. The number of benzene rings is 1. The van der Waals surface area contributed by atoms with Crippen molar-refractivity contribution in [3.05, 3.63) is 23.8 Å². The zero-order chi connectivity index (χ0) is 14.6. The van der Waals surface area contributed by atoms with Gasteiger partial charge >= 0.3 is 5.97 Å². The first-order chi connectivity index (χ1) is 9.58. The van der Waals surface area contributed by atoms with E-state index in [4.69, 9.17) is 9.47 Å². The molecule has 0 spiro atoms. The Kier molecular flexibility index (Phi) is 4.49. The van der Waals surface area contributed by atoms with Gasteiger partial charge in [-0.15, -0.1) is 0 Å². The predicted octanol–water partition coefficient (Wildman–Crippen LogP) is 2.20. The topological polar surface area (TPSA) is 67.8 Å².